The van der Waals surface area contributed by atoms with Gasteiger partial charge in [0.1, 0.15) is 0 Å². The summed E-state index contributed by atoms with van der Waals surface area (Å²) < 4.78 is 0. The number of carbonyl (C=O) groups is 1. The van der Waals surface area contributed by atoms with Crippen molar-refractivity contribution in [1.82, 2.24) is 5.32 Å². The van der Waals surface area contributed by atoms with Gasteiger partial charge in [0.05, 0.1) is 6.04 Å². The van der Waals surface area contributed by atoms with Gasteiger partial charge >= 0.3 is 0 Å². The molecule has 1 amide bonds. The molecule has 0 unspecified atom stereocenters. The van der Waals surface area contributed by atoms with Crippen molar-refractivity contribution in [3.05, 3.63) is 71.8 Å². The van der Waals surface area contributed by atoms with Crippen molar-refractivity contribution in [2.45, 2.75) is 38.1 Å². The van der Waals surface area contributed by atoms with E-state index in [9.17, 15) is 4.79 Å². The summed E-state index contributed by atoms with van der Waals surface area (Å²) in [5.74, 6) is -0.0433. The second kappa shape index (κ2) is 7.63. The van der Waals surface area contributed by atoms with Crippen LogP contribution in [0, 0.1) is 5.41 Å². The monoisotopic (exact) mass is 322 g/mol. The van der Waals surface area contributed by atoms with Crippen LogP contribution in [-0.4, -0.2) is 18.5 Å². The smallest absolute Gasteiger partial charge is 0.237 e. The highest BCUT2D eigenvalue weighted by molar-refractivity contribution is 5.81. The van der Waals surface area contributed by atoms with Crippen LogP contribution in [-0.2, 0) is 17.6 Å². The predicted molar refractivity (Wildman–Crippen MR) is 97.6 cm³/mol. The van der Waals surface area contributed by atoms with Gasteiger partial charge in [-0.15, -0.1) is 0 Å². The molecule has 3 heteroatoms. The third-order valence-corrected chi connectivity index (χ3v) is 5.11. The van der Waals surface area contributed by atoms with Gasteiger partial charge in [-0.25, -0.2) is 0 Å². The van der Waals surface area contributed by atoms with E-state index in [4.69, 9.17) is 5.73 Å². The van der Waals surface area contributed by atoms with Gasteiger partial charge in [0, 0.05) is 6.54 Å². The van der Waals surface area contributed by atoms with Crippen molar-refractivity contribution in [3.8, 4) is 0 Å². The molecule has 2 aromatic rings. The summed E-state index contributed by atoms with van der Waals surface area (Å²) >= 11 is 0. The van der Waals surface area contributed by atoms with Gasteiger partial charge in [0.25, 0.3) is 0 Å². The first-order valence-electron chi connectivity index (χ1n) is 8.78. The summed E-state index contributed by atoms with van der Waals surface area (Å²) in [4.78, 5) is 12.4. The molecule has 1 aliphatic rings. The van der Waals surface area contributed by atoms with E-state index in [0.717, 1.165) is 18.5 Å². The first kappa shape index (κ1) is 16.7. The maximum absolute atomic E-state index is 12.4. The van der Waals surface area contributed by atoms with Crippen molar-refractivity contribution >= 4 is 5.91 Å². The maximum Gasteiger partial charge on any atom is 0.237 e. The average Bonchev–Trinajstić information content (AvgIpc) is 2.58. The lowest BCUT2D eigenvalue weighted by atomic mass is 9.65. The van der Waals surface area contributed by atoms with Crippen LogP contribution in [0.25, 0.3) is 0 Å². The number of hydrogen-bond acceptors (Lipinski definition) is 2. The first-order chi connectivity index (χ1) is 11.7. The lowest BCUT2D eigenvalue weighted by Crippen LogP contribution is -2.49. The Hall–Kier alpha value is -2.13. The van der Waals surface area contributed by atoms with Gasteiger partial charge < -0.3 is 11.1 Å². The van der Waals surface area contributed by atoms with Crippen LogP contribution in [0.5, 0.6) is 0 Å². The minimum Gasteiger partial charge on any atom is -0.354 e. The van der Waals surface area contributed by atoms with Gasteiger partial charge in [-0.1, -0.05) is 67.1 Å². The third-order valence-electron chi connectivity index (χ3n) is 5.11. The van der Waals surface area contributed by atoms with E-state index in [2.05, 4.69) is 29.6 Å². The molecule has 24 heavy (non-hydrogen) atoms. The van der Waals surface area contributed by atoms with Crippen molar-refractivity contribution in [2.75, 3.05) is 6.54 Å². The Kier molecular flexibility index (Phi) is 5.31. The van der Waals surface area contributed by atoms with E-state index in [1.165, 1.54) is 24.8 Å². The highest BCUT2D eigenvalue weighted by atomic mass is 16.2. The molecule has 3 nitrogen and oxygen atoms in total. The quantitative estimate of drug-likeness (QED) is 0.823. The molecule has 0 radical (unpaired) electrons. The van der Waals surface area contributed by atoms with Crippen LogP contribution in [0.3, 0.4) is 0 Å². The summed E-state index contributed by atoms with van der Waals surface area (Å²) in [7, 11) is 0. The number of nitrogens with two attached hydrogens (primary N) is 1. The van der Waals surface area contributed by atoms with Crippen molar-refractivity contribution < 1.29 is 4.79 Å². The minimum absolute atomic E-state index is 0.0433. The summed E-state index contributed by atoms with van der Waals surface area (Å²) in [5, 5.41) is 3.10. The normalized spacial score (nSPS) is 16.9. The fraction of sp³-hybridized carbons (Fsp3) is 0.381. The Morgan fingerprint density at radius 3 is 2.12 bits per heavy atom. The second-order valence-electron chi connectivity index (χ2n) is 7.03. The van der Waals surface area contributed by atoms with Crippen LogP contribution in [0.1, 0.15) is 30.4 Å². The second-order valence-corrected chi connectivity index (χ2v) is 7.03. The van der Waals surface area contributed by atoms with E-state index >= 15 is 0 Å². The molecular weight excluding hydrogens is 296 g/mol. The third kappa shape index (κ3) is 4.24. The molecule has 1 aliphatic carbocycles. The zero-order chi connectivity index (χ0) is 16.8. The van der Waals surface area contributed by atoms with Gasteiger partial charge in [-0.05, 0) is 42.2 Å². The van der Waals surface area contributed by atoms with Gasteiger partial charge in [-0.2, -0.15) is 0 Å². The van der Waals surface area contributed by atoms with E-state index in [0.29, 0.717) is 6.42 Å². The number of benzene rings is 2. The standard InChI is InChI=1S/C21H26N2O/c22-19(14-17-8-3-1-4-9-17)20(24)23-16-21(12-7-13-21)15-18-10-5-2-6-11-18/h1-6,8-11,19H,7,12-16,22H2,(H,23,24)/t19-/m0/s1. The molecule has 0 spiro atoms. The largest absolute Gasteiger partial charge is 0.354 e. The molecule has 3 rings (SSSR count). The fourth-order valence-electron chi connectivity index (χ4n) is 3.49. The van der Waals surface area contributed by atoms with E-state index in [1.54, 1.807) is 0 Å². The maximum atomic E-state index is 12.4. The van der Waals surface area contributed by atoms with Crippen LogP contribution in [0.2, 0.25) is 0 Å². The molecule has 1 saturated carbocycles. The van der Waals surface area contributed by atoms with Gasteiger partial charge in [-0.3, -0.25) is 4.79 Å². The van der Waals surface area contributed by atoms with Gasteiger partial charge in [0.2, 0.25) is 5.91 Å². The number of amides is 1. The van der Waals surface area contributed by atoms with Crippen LogP contribution >= 0.6 is 0 Å². The molecule has 1 fully saturated rings. The lowest BCUT2D eigenvalue weighted by molar-refractivity contribution is -0.123. The molecule has 1 atom stereocenters. The Balaban J connectivity index is 1.52. The summed E-state index contributed by atoms with van der Waals surface area (Å²) in [5.41, 5.74) is 8.74. The fourth-order valence-corrected chi connectivity index (χ4v) is 3.49. The van der Waals surface area contributed by atoms with Crippen LogP contribution in [0.4, 0.5) is 0 Å². The molecule has 2 aromatic carbocycles. The molecule has 0 heterocycles. The topological polar surface area (TPSA) is 55.1 Å². The van der Waals surface area contributed by atoms with Crippen LogP contribution in [0.15, 0.2) is 60.7 Å². The molecule has 126 valence electrons. The van der Waals surface area contributed by atoms with Gasteiger partial charge in [0.15, 0.2) is 0 Å². The molecular formula is C21H26N2O. The van der Waals surface area contributed by atoms with E-state index in [-0.39, 0.29) is 11.3 Å². The Labute approximate surface area is 144 Å². The number of carbonyl (C=O) groups excluding carboxylic acids is 1. The molecule has 0 saturated heterocycles. The number of rotatable bonds is 7. The lowest BCUT2D eigenvalue weighted by Gasteiger charge is -2.42. The first-order valence-corrected chi connectivity index (χ1v) is 8.78. The Morgan fingerprint density at radius 1 is 1.00 bits per heavy atom. The predicted octanol–water partition coefficient (Wildman–Crippen LogP) is 3.09. The van der Waals surface area contributed by atoms with Crippen molar-refractivity contribution in [3.63, 3.8) is 0 Å². The summed E-state index contributed by atoms with van der Waals surface area (Å²) in [6, 6.07) is 20.0. The number of nitrogens with one attached hydrogen (secondary N) is 1. The highest BCUT2D eigenvalue weighted by Gasteiger charge is 2.37. The SMILES string of the molecule is N[C@@H](Cc1ccccc1)C(=O)NCC1(Cc2ccccc2)CCC1. The van der Waals surface area contributed by atoms with Crippen molar-refractivity contribution in [2.24, 2.45) is 11.1 Å². The molecule has 0 aromatic heterocycles. The Morgan fingerprint density at radius 2 is 1.58 bits per heavy atom. The van der Waals surface area contributed by atoms with E-state index < -0.39 is 6.04 Å². The minimum atomic E-state index is -0.485. The van der Waals surface area contributed by atoms with E-state index in [1.807, 2.05) is 36.4 Å². The zero-order valence-corrected chi connectivity index (χ0v) is 14.1. The number of hydrogen-bond donors (Lipinski definition) is 2. The molecule has 3 N–H and O–H groups in total. The Bertz CT molecular complexity index is 650. The van der Waals surface area contributed by atoms with Crippen molar-refractivity contribution in [1.29, 1.82) is 0 Å². The highest BCUT2D eigenvalue weighted by Crippen LogP contribution is 2.43. The molecule has 0 aliphatic heterocycles. The average molecular weight is 322 g/mol. The summed E-state index contributed by atoms with van der Waals surface area (Å²) in [6.07, 6.45) is 5.21. The van der Waals surface area contributed by atoms with Crippen LogP contribution < -0.4 is 11.1 Å². The molecule has 0 bridgehead atoms. The summed E-state index contributed by atoms with van der Waals surface area (Å²) in [6.45, 7) is 0.725. The zero-order valence-electron chi connectivity index (χ0n) is 14.1.